The van der Waals surface area contributed by atoms with Gasteiger partial charge in [-0.2, -0.15) is 0 Å². The summed E-state index contributed by atoms with van der Waals surface area (Å²) >= 11 is 6.42. The number of aryl methyl sites for hydroxylation is 1. The predicted octanol–water partition coefficient (Wildman–Crippen LogP) is 4.25. The zero-order chi connectivity index (χ0) is 15.4. The summed E-state index contributed by atoms with van der Waals surface area (Å²) in [5, 5.41) is 4.61. The number of rotatable bonds is 4. The first-order valence-corrected chi connectivity index (χ1v) is 8.56. The third-order valence-corrected chi connectivity index (χ3v) is 4.76. The molecule has 2 nitrogen and oxygen atoms in total. The lowest BCUT2D eigenvalue weighted by atomic mass is 10.0. The smallest absolute Gasteiger partial charge is 0.0453 e. The minimum Gasteiger partial charge on any atom is -0.313 e. The summed E-state index contributed by atoms with van der Waals surface area (Å²) in [6.07, 6.45) is 2.45. The maximum absolute atomic E-state index is 6.42. The van der Waals surface area contributed by atoms with Gasteiger partial charge in [0.25, 0.3) is 0 Å². The number of benzene rings is 1. The third-order valence-electron chi connectivity index (χ3n) is 4.41. The standard InChI is InChI=1S/C18H29ClN2/c1-13(2)9-17-12-21(15(4)7-8-20-17)11-16-6-5-14(3)10-18(16)19/h5-6,10,13,15,17,20H,7-9,11-12H2,1-4H3. The van der Waals surface area contributed by atoms with Crippen molar-refractivity contribution in [3.05, 3.63) is 34.3 Å². The van der Waals surface area contributed by atoms with E-state index in [0.29, 0.717) is 12.1 Å². The Morgan fingerprint density at radius 3 is 2.81 bits per heavy atom. The summed E-state index contributed by atoms with van der Waals surface area (Å²) in [5.74, 6) is 0.737. The highest BCUT2D eigenvalue weighted by molar-refractivity contribution is 6.31. The molecule has 1 fully saturated rings. The first-order valence-electron chi connectivity index (χ1n) is 8.18. The molecule has 2 unspecified atom stereocenters. The maximum Gasteiger partial charge on any atom is 0.0453 e. The highest BCUT2D eigenvalue weighted by atomic mass is 35.5. The van der Waals surface area contributed by atoms with Crippen LogP contribution in [0.1, 0.15) is 44.7 Å². The van der Waals surface area contributed by atoms with E-state index < -0.39 is 0 Å². The van der Waals surface area contributed by atoms with Gasteiger partial charge in [-0.1, -0.05) is 37.6 Å². The number of hydrogen-bond donors (Lipinski definition) is 1. The second-order valence-corrected chi connectivity index (χ2v) is 7.35. The Bertz CT molecular complexity index is 459. The first kappa shape index (κ1) is 16.8. The Morgan fingerprint density at radius 1 is 1.38 bits per heavy atom. The molecule has 118 valence electrons. The molecule has 0 saturated carbocycles. The van der Waals surface area contributed by atoms with Gasteiger partial charge in [-0.05, 0) is 56.3 Å². The van der Waals surface area contributed by atoms with Crippen LogP contribution in [-0.2, 0) is 6.54 Å². The molecule has 2 rings (SSSR count). The quantitative estimate of drug-likeness (QED) is 0.894. The molecule has 3 heteroatoms. The minimum atomic E-state index is 0.596. The van der Waals surface area contributed by atoms with E-state index in [2.05, 4.69) is 56.1 Å². The van der Waals surface area contributed by atoms with Crippen molar-refractivity contribution >= 4 is 11.6 Å². The summed E-state index contributed by atoms with van der Waals surface area (Å²) in [5.41, 5.74) is 2.48. The number of nitrogens with one attached hydrogen (secondary N) is 1. The van der Waals surface area contributed by atoms with Crippen LogP contribution in [0.3, 0.4) is 0 Å². The van der Waals surface area contributed by atoms with E-state index >= 15 is 0 Å². The van der Waals surface area contributed by atoms with Crippen LogP contribution in [0.4, 0.5) is 0 Å². The highest BCUT2D eigenvalue weighted by Gasteiger charge is 2.23. The summed E-state index contributed by atoms with van der Waals surface area (Å²) in [6, 6.07) is 7.61. The van der Waals surface area contributed by atoms with Crippen molar-refractivity contribution in [2.45, 2.75) is 59.2 Å². The molecule has 1 heterocycles. The Labute approximate surface area is 134 Å². The van der Waals surface area contributed by atoms with Crippen molar-refractivity contribution in [2.24, 2.45) is 5.92 Å². The molecule has 1 aromatic carbocycles. The predicted molar refractivity (Wildman–Crippen MR) is 91.9 cm³/mol. The normalized spacial score (nSPS) is 24.3. The van der Waals surface area contributed by atoms with Gasteiger partial charge in [0, 0.05) is 30.2 Å². The van der Waals surface area contributed by atoms with Crippen LogP contribution >= 0.6 is 11.6 Å². The van der Waals surface area contributed by atoms with Crippen molar-refractivity contribution in [3.8, 4) is 0 Å². The molecule has 1 aromatic rings. The molecule has 1 N–H and O–H groups in total. The fraction of sp³-hybridized carbons (Fsp3) is 0.667. The largest absolute Gasteiger partial charge is 0.313 e. The van der Waals surface area contributed by atoms with Crippen LogP contribution in [0.2, 0.25) is 5.02 Å². The van der Waals surface area contributed by atoms with E-state index in [1.165, 1.54) is 24.0 Å². The summed E-state index contributed by atoms with van der Waals surface area (Å²) in [4.78, 5) is 2.59. The van der Waals surface area contributed by atoms with E-state index in [1.54, 1.807) is 0 Å². The maximum atomic E-state index is 6.42. The second kappa shape index (κ2) is 7.62. The summed E-state index contributed by atoms with van der Waals surface area (Å²) in [6.45, 7) is 12.2. The average molecular weight is 309 g/mol. The van der Waals surface area contributed by atoms with Crippen LogP contribution in [0.5, 0.6) is 0 Å². The van der Waals surface area contributed by atoms with Crippen LogP contribution in [0, 0.1) is 12.8 Å². The highest BCUT2D eigenvalue weighted by Crippen LogP contribution is 2.22. The molecule has 2 atom stereocenters. The lowest BCUT2D eigenvalue weighted by Crippen LogP contribution is -2.40. The fourth-order valence-corrected chi connectivity index (χ4v) is 3.45. The molecular formula is C18H29ClN2. The monoisotopic (exact) mass is 308 g/mol. The van der Waals surface area contributed by atoms with E-state index in [9.17, 15) is 0 Å². The van der Waals surface area contributed by atoms with Crippen LogP contribution in [0.25, 0.3) is 0 Å². The van der Waals surface area contributed by atoms with Gasteiger partial charge < -0.3 is 5.32 Å². The van der Waals surface area contributed by atoms with Crippen molar-refractivity contribution in [1.29, 1.82) is 0 Å². The topological polar surface area (TPSA) is 15.3 Å². The minimum absolute atomic E-state index is 0.596. The Morgan fingerprint density at radius 2 is 2.14 bits per heavy atom. The SMILES string of the molecule is Cc1ccc(CN2CC(CC(C)C)NCCC2C)c(Cl)c1. The van der Waals surface area contributed by atoms with E-state index in [0.717, 1.165) is 30.6 Å². The molecule has 0 aromatic heterocycles. The molecule has 0 radical (unpaired) electrons. The molecule has 1 saturated heterocycles. The van der Waals surface area contributed by atoms with Gasteiger partial charge in [0.2, 0.25) is 0 Å². The molecule has 0 bridgehead atoms. The number of nitrogens with zero attached hydrogens (tertiary/aromatic N) is 1. The second-order valence-electron chi connectivity index (χ2n) is 6.94. The molecule has 21 heavy (non-hydrogen) atoms. The van der Waals surface area contributed by atoms with Crippen LogP contribution in [0.15, 0.2) is 18.2 Å². The zero-order valence-corrected chi connectivity index (χ0v) is 14.6. The van der Waals surface area contributed by atoms with Crippen LogP contribution in [-0.4, -0.2) is 30.1 Å². The van der Waals surface area contributed by atoms with Gasteiger partial charge in [0.05, 0.1) is 0 Å². The average Bonchev–Trinajstić information content (AvgIpc) is 2.55. The third kappa shape index (κ3) is 4.98. The van der Waals surface area contributed by atoms with Gasteiger partial charge >= 0.3 is 0 Å². The van der Waals surface area contributed by atoms with Gasteiger partial charge in [-0.25, -0.2) is 0 Å². The van der Waals surface area contributed by atoms with Crippen LogP contribution < -0.4 is 5.32 Å². The van der Waals surface area contributed by atoms with Crippen molar-refractivity contribution in [3.63, 3.8) is 0 Å². The van der Waals surface area contributed by atoms with Crippen molar-refractivity contribution < 1.29 is 0 Å². The Kier molecular flexibility index (Phi) is 6.09. The van der Waals surface area contributed by atoms with Gasteiger partial charge in [0.1, 0.15) is 0 Å². The summed E-state index contributed by atoms with van der Waals surface area (Å²) in [7, 11) is 0. The van der Waals surface area contributed by atoms with Crippen molar-refractivity contribution in [1.82, 2.24) is 10.2 Å². The van der Waals surface area contributed by atoms with Gasteiger partial charge in [-0.15, -0.1) is 0 Å². The summed E-state index contributed by atoms with van der Waals surface area (Å²) < 4.78 is 0. The molecule has 1 aliphatic heterocycles. The van der Waals surface area contributed by atoms with E-state index in [-0.39, 0.29) is 0 Å². The lowest BCUT2D eigenvalue weighted by Gasteiger charge is -2.30. The van der Waals surface area contributed by atoms with E-state index in [4.69, 9.17) is 11.6 Å². The number of halogens is 1. The first-order chi connectivity index (χ1) is 9.95. The molecule has 0 aliphatic carbocycles. The zero-order valence-electron chi connectivity index (χ0n) is 13.8. The van der Waals surface area contributed by atoms with Gasteiger partial charge in [0.15, 0.2) is 0 Å². The van der Waals surface area contributed by atoms with Crippen molar-refractivity contribution in [2.75, 3.05) is 13.1 Å². The van der Waals surface area contributed by atoms with E-state index in [1.807, 2.05) is 0 Å². The Balaban J connectivity index is 2.07. The van der Waals surface area contributed by atoms with Gasteiger partial charge in [-0.3, -0.25) is 4.90 Å². The number of hydrogen-bond acceptors (Lipinski definition) is 2. The molecule has 0 amide bonds. The molecular weight excluding hydrogens is 280 g/mol. The molecule has 0 spiro atoms. The Hall–Kier alpha value is -0.570. The fourth-order valence-electron chi connectivity index (χ4n) is 3.15. The molecule has 1 aliphatic rings. The lowest BCUT2D eigenvalue weighted by molar-refractivity contribution is 0.189.